The van der Waals surface area contributed by atoms with Crippen LogP contribution in [0.3, 0.4) is 0 Å². The van der Waals surface area contributed by atoms with E-state index in [1.165, 1.54) is 0 Å². The van der Waals surface area contributed by atoms with Crippen molar-refractivity contribution in [1.29, 1.82) is 0 Å². The lowest BCUT2D eigenvalue weighted by Gasteiger charge is -2.14. The smallest absolute Gasteiger partial charge is 0.123 e. The van der Waals surface area contributed by atoms with Crippen LogP contribution in [0.1, 0.15) is 44.2 Å². The molecule has 0 spiro atoms. The molecule has 1 aromatic carbocycles. The van der Waals surface area contributed by atoms with Crippen molar-refractivity contribution in [2.24, 2.45) is 0 Å². The number of hydrogen-bond acceptors (Lipinski definition) is 1. The SMILES string of the molecule is Cc1cc(F)cc(C(C)CCNC(C)C)c1. The quantitative estimate of drug-likeness (QED) is 0.804. The van der Waals surface area contributed by atoms with Gasteiger partial charge in [0.15, 0.2) is 0 Å². The minimum absolute atomic E-state index is 0.126. The molecule has 1 N–H and O–H groups in total. The van der Waals surface area contributed by atoms with Crippen molar-refractivity contribution >= 4 is 0 Å². The molecular formula is C14H22FN. The standard InChI is InChI=1S/C14H22FN/c1-10(2)16-6-5-12(4)13-7-11(3)8-14(15)9-13/h7-10,12,16H,5-6H2,1-4H3. The van der Waals surface area contributed by atoms with Gasteiger partial charge in [0.25, 0.3) is 0 Å². The lowest BCUT2D eigenvalue weighted by Crippen LogP contribution is -2.24. The Hall–Kier alpha value is -0.890. The molecule has 0 aliphatic heterocycles. The van der Waals surface area contributed by atoms with Gasteiger partial charge in [-0.1, -0.05) is 26.8 Å². The van der Waals surface area contributed by atoms with Gasteiger partial charge in [0.05, 0.1) is 0 Å². The highest BCUT2D eigenvalue weighted by Crippen LogP contribution is 2.20. The third kappa shape index (κ3) is 4.31. The number of nitrogens with one attached hydrogen (secondary N) is 1. The average molecular weight is 223 g/mol. The highest BCUT2D eigenvalue weighted by molar-refractivity contribution is 5.26. The monoisotopic (exact) mass is 223 g/mol. The fourth-order valence-corrected chi connectivity index (χ4v) is 1.80. The van der Waals surface area contributed by atoms with Crippen LogP contribution in [0.4, 0.5) is 4.39 Å². The molecule has 0 aliphatic carbocycles. The number of rotatable bonds is 5. The molecule has 0 fully saturated rings. The van der Waals surface area contributed by atoms with E-state index in [4.69, 9.17) is 0 Å². The first-order valence-corrected chi connectivity index (χ1v) is 5.99. The Labute approximate surface area is 98.1 Å². The normalized spacial score (nSPS) is 13.1. The summed E-state index contributed by atoms with van der Waals surface area (Å²) in [7, 11) is 0. The molecule has 0 aliphatic rings. The molecule has 2 heteroatoms. The fraction of sp³-hybridized carbons (Fsp3) is 0.571. The second-order valence-corrected chi connectivity index (χ2v) is 4.86. The van der Waals surface area contributed by atoms with Gasteiger partial charge in [0.1, 0.15) is 5.82 Å². The molecule has 90 valence electrons. The molecular weight excluding hydrogens is 201 g/mol. The van der Waals surface area contributed by atoms with Gasteiger partial charge < -0.3 is 5.32 Å². The van der Waals surface area contributed by atoms with Gasteiger partial charge >= 0.3 is 0 Å². The van der Waals surface area contributed by atoms with E-state index in [1.807, 2.05) is 6.92 Å². The van der Waals surface area contributed by atoms with Crippen molar-refractivity contribution in [2.75, 3.05) is 6.54 Å². The van der Waals surface area contributed by atoms with E-state index in [0.717, 1.165) is 24.1 Å². The molecule has 0 amide bonds. The van der Waals surface area contributed by atoms with Crippen molar-refractivity contribution in [2.45, 2.75) is 46.1 Å². The fourth-order valence-electron chi connectivity index (χ4n) is 1.80. The first kappa shape index (κ1) is 13.2. The summed E-state index contributed by atoms with van der Waals surface area (Å²) in [5, 5.41) is 3.38. The van der Waals surface area contributed by atoms with Gasteiger partial charge in [0, 0.05) is 6.04 Å². The van der Waals surface area contributed by atoms with E-state index >= 15 is 0 Å². The summed E-state index contributed by atoms with van der Waals surface area (Å²) in [5.41, 5.74) is 2.10. The van der Waals surface area contributed by atoms with Crippen molar-refractivity contribution in [3.8, 4) is 0 Å². The summed E-state index contributed by atoms with van der Waals surface area (Å²) < 4.78 is 13.2. The van der Waals surface area contributed by atoms with Crippen LogP contribution in [-0.2, 0) is 0 Å². The second-order valence-electron chi connectivity index (χ2n) is 4.86. The van der Waals surface area contributed by atoms with Crippen LogP contribution in [-0.4, -0.2) is 12.6 Å². The zero-order chi connectivity index (χ0) is 12.1. The summed E-state index contributed by atoms with van der Waals surface area (Å²) in [5.74, 6) is 0.277. The summed E-state index contributed by atoms with van der Waals surface area (Å²) in [6.45, 7) is 9.34. The van der Waals surface area contributed by atoms with Crippen molar-refractivity contribution in [1.82, 2.24) is 5.32 Å². The maximum absolute atomic E-state index is 13.2. The molecule has 0 saturated heterocycles. The first-order valence-electron chi connectivity index (χ1n) is 5.99. The van der Waals surface area contributed by atoms with E-state index in [2.05, 4.69) is 32.2 Å². The molecule has 16 heavy (non-hydrogen) atoms. The van der Waals surface area contributed by atoms with E-state index in [9.17, 15) is 4.39 Å². The van der Waals surface area contributed by atoms with Gasteiger partial charge in [-0.05, 0) is 49.1 Å². The summed E-state index contributed by atoms with van der Waals surface area (Å²) in [6, 6.07) is 5.81. The Bertz CT molecular complexity index is 313. The Morgan fingerprint density at radius 2 is 1.88 bits per heavy atom. The van der Waals surface area contributed by atoms with Crippen LogP contribution in [0.5, 0.6) is 0 Å². The molecule has 0 aromatic heterocycles. The number of hydrogen-bond donors (Lipinski definition) is 1. The van der Waals surface area contributed by atoms with Crippen molar-refractivity contribution < 1.29 is 4.39 Å². The maximum atomic E-state index is 13.2. The number of benzene rings is 1. The van der Waals surface area contributed by atoms with Crippen LogP contribution in [0.2, 0.25) is 0 Å². The topological polar surface area (TPSA) is 12.0 Å². The third-order valence-corrected chi connectivity index (χ3v) is 2.76. The predicted molar refractivity (Wildman–Crippen MR) is 67.3 cm³/mol. The number of aryl methyl sites for hydroxylation is 1. The minimum atomic E-state index is -0.126. The Morgan fingerprint density at radius 1 is 1.19 bits per heavy atom. The van der Waals surface area contributed by atoms with Crippen molar-refractivity contribution in [3.05, 3.63) is 35.1 Å². The molecule has 1 atom stereocenters. The largest absolute Gasteiger partial charge is 0.315 e. The number of halogens is 1. The summed E-state index contributed by atoms with van der Waals surface area (Å²) in [4.78, 5) is 0. The van der Waals surface area contributed by atoms with E-state index in [-0.39, 0.29) is 5.82 Å². The molecule has 0 bridgehead atoms. The van der Waals surface area contributed by atoms with Crippen LogP contribution < -0.4 is 5.32 Å². The lowest BCUT2D eigenvalue weighted by atomic mass is 9.96. The van der Waals surface area contributed by atoms with Crippen LogP contribution in [0.15, 0.2) is 18.2 Å². The van der Waals surface area contributed by atoms with Gasteiger partial charge in [-0.15, -0.1) is 0 Å². The third-order valence-electron chi connectivity index (χ3n) is 2.76. The van der Waals surface area contributed by atoms with Crippen LogP contribution >= 0.6 is 0 Å². The van der Waals surface area contributed by atoms with Gasteiger partial charge in [-0.25, -0.2) is 4.39 Å². The minimum Gasteiger partial charge on any atom is -0.315 e. The first-order chi connectivity index (χ1) is 7.49. The van der Waals surface area contributed by atoms with Crippen molar-refractivity contribution in [3.63, 3.8) is 0 Å². The molecule has 1 rings (SSSR count). The summed E-state index contributed by atoms with van der Waals surface area (Å²) in [6.07, 6.45) is 1.04. The Morgan fingerprint density at radius 3 is 2.44 bits per heavy atom. The van der Waals surface area contributed by atoms with Gasteiger partial charge in [-0.2, -0.15) is 0 Å². The molecule has 0 radical (unpaired) electrons. The molecule has 0 saturated carbocycles. The molecule has 1 nitrogen and oxygen atoms in total. The summed E-state index contributed by atoms with van der Waals surface area (Å²) >= 11 is 0. The van der Waals surface area contributed by atoms with E-state index < -0.39 is 0 Å². The predicted octanol–water partition coefficient (Wildman–Crippen LogP) is 3.63. The molecule has 0 heterocycles. The zero-order valence-electron chi connectivity index (χ0n) is 10.7. The highest BCUT2D eigenvalue weighted by Gasteiger charge is 2.07. The second kappa shape index (κ2) is 6.00. The highest BCUT2D eigenvalue weighted by atomic mass is 19.1. The lowest BCUT2D eigenvalue weighted by molar-refractivity contribution is 0.538. The molecule has 1 aromatic rings. The Kier molecular flexibility index (Phi) is 4.94. The van der Waals surface area contributed by atoms with Gasteiger partial charge in [-0.3, -0.25) is 0 Å². The van der Waals surface area contributed by atoms with Crippen LogP contribution in [0.25, 0.3) is 0 Å². The average Bonchev–Trinajstić information content (AvgIpc) is 2.15. The molecule has 1 unspecified atom stereocenters. The van der Waals surface area contributed by atoms with Crippen LogP contribution in [0, 0.1) is 12.7 Å². The zero-order valence-corrected chi connectivity index (χ0v) is 10.7. The van der Waals surface area contributed by atoms with E-state index in [0.29, 0.717) is 12.0 Å². The Balaban J connectivity index is 2.55. The van der Waals surface area contributed by atoms with E-state index in [1.54, 1.807) is 12.1 Å². The maximum Gasteiger partial charge on any atom is 0.123 e. The van der Waals surface area contributed by atoms with Gasteiger partial charge in [0.2, 0.25) is 0 Å².